The third kappa shape index (κ3) is 6.74. The Hall–Kier alpha value is -9.26. The topological polar surface area (TPSA) is 77.8 Å². The fourth-order valence-corrected chi connectivity index (χ4v) is 9.59. The molecular weight excluding hydrogens is 833 g/mol. The number of fused-ring (bicyclic) bond motifs is 6. The molecule has 6 nitrogen and oxygen atoms in total. The van der Waals surface area contributed by atoms with Gasteiger partial charge in [-0.15, -0.1) is 0 Å². The zero-order valence-corrected chi connectivity index (χ0v) is 36.5. The standard InChI is InChI=1S/C62H38N4O2/c1-3-17-39(18-4-1)41-31-35-43(36-32-41)57-55-51-27-13-15-29-53(51)67-61(55)65-59(63-57)49-25-11-9-23-47(49)45-21-7-8-22-46(45)48-24-10-12-26-50(48)60-64-58(56-52-28-14-16-30-54(52)68-62(56)66-60)44-37-33-42(34-38-44)40-19-5-2-6-20-40/h1-38H. The highest BCUT2D eigenvalue weighted by Crippen LogP contribution is 2.44. The van der Waals surface area contributed by atoms with Gasteiger partial charge in [0.15, 0.2) is 11.6 Å². The molecule has 0 N–H and O–H groups in total. The zero-order valence-electron chi connectivity index (χ0n) is 36.5. The Labute approximate surface area is 391 Å². The molecule has 0 unspecified atom stereocenters. The third-order valence-corrected chi connectivity index (χ3v) is 12.9. The molecule has 0 saturated carbocycles. The summed E-state index contributed by atoms with van der Waals surface area (Å²) in [6.07, 6.45) is 0. The highest BCUT2D eigenvalue weighted by molar-refractivity contribution is 6.12. The van der Waals surface area contributed by atoms with Crippen LogP contribution in [0, 0.1) is 0 Å². The average Bonchev–Trinajstić information content (AvgIpc) is 3.99. The number of hydrogen-bond acceptors (Lipinski definition) is 6. The zero-order chi connectivity index (χ0) is 45.0. The number of hydrogen-bond donors (Lipinski definition) is 0. The number of aromatic nitrogens is 4. The molecule has 4 aromatic heterocycles. The summed E-state index contributed by atoms with van der Waals surface area (Å²) in [5, 5.41) is 3.72. The van der Waals surface area contributed by atoms with Crippen LogP contribution in [-0.4, -0.2) is 19.9 Å². The molecule has 0 fully saturated rings. The Morgan fingerprint density at radius 1 is 0.235 bits per heavy atom. The van der Waals surface area contributed by atoms with Crippen LogP contribution in [0.25, 0.3) is 134 Å². The summed E-state index contributed by atoms with van der Waals surface area (Å²) >= 11 is 0. The van der Waals surface area contributed by atoms with E-state index in [0.29, 0.717) is 23.1 Å². The van der Waals surface area contributed by atoms with Crippen molar-refractivity contribution in [2.45, 2.75) is 0 Å². The summed E-state index contributed by atoms with van der Waals surface area (Å²) in [7, 11) is 0. The molecule has 0 aliphatic heterocycles. The minimum Gasteiger partial charge on any atom is -0.438 e. The third-order valence-electron chi connectivity index (χ3n) is 12.9. The smallest absolute Gasteiger partial charge is 0.231 e. The summed E-state index contributed by atoms with van der Waals surface area (Å²) in [6.45, 7) is 0. The lowest BCUT2D eigenvalue weighted by molar-refractivity contribution is 0.653. The van der Waals surface area contributed by atoms with E-state index in [1.807, 2.05) is 60.7 Å². The van der Waals surface area contributed by atoms with E-state index < -0.39 is 0 Å². The van der Waals surface area contributed by atoms with Gasteiger partial charge in [0.1, 0.15) is 11.2 Å². The van der Waals surface area contributed by atoms with Crippen molar-refractivity contribution < 1.29 is 8.83 Å². The first kappa shape index (κ1) is 39.1. The van der Waals surface area contributed by atoms with Gasteiger partial charge in [0.2, 0.25) is 11.4 Å². The lowest BCUT2D eigenvalue weighted by Crippen LogP contribution is -1.98. The van der Waals surface area contributed by atoms with Crippen LogP contribution in [0.4, 0.5) is 0 Å². The summed E-state index contributed by atoms with van der Waals surface area (Å²) in [5.74, 6) is 1.14. The lowest BCUT2D eigenvalue weighted by atomic mass is 9.89. The molecular formula is C62H38N4O2. The quantitative estimate of drug-likeness (QED) is 0.151. The van der Waals surface area contributed by atoms with Crippen molar-refractivity contribution in [3.63, 3.8) is 0 Å². The van der Waals surface area contributed by atoms with Gasteiger partial charge in [-0.25, -0.2) is 9.97 Å². The molecule has 9 aromatic carbocycles. The van der Waals surface area contributed by atoms with Gasteiger partial charge in [-0.2, -0.15) is 9.97 Å². The van der Waals surface area contributed by atoms with Crippen LogP contribution >= 0.6 is 0 Å². The summed E-state index contributed by atoms with van der Waals surface area (Å²) in [4.78, 5) is 21.2. The predicted molar refractivity (Wildman–Crippen MR) is 276 cm³/mol. The van der Waals surface area contributed by atoms with Crippen molar-refractivity contribution in [2.75, 3.05) is 0 Å². The van der Waals surface area contributed by atoms with Gasteiger partial charge >= 0.3 is 0 Å². The van der Waals surface area contributed by atoms with Gasteiger partial charge in [-0.1, -0.05) is 218 Å². The Kier molecular flexibility index (Phi) is 9.39. The second-order valence-electron chi connectivity index (χ2n) is 16.9. The Bertz CT molecular complexity index is 3740. The van der Waals surface area contributed by atoms with Gasteiger partial charge in [0.25, 0.3) is 0 Å². The Balaban J connectivity index is 0.960. The number of nitrogens with zero attached hydrogens (tertiary/aromatic N) is 4. The van der Waals surface area contributed by atoms with E-state index >= 15 is 0 Å². The monoisotopic (exact) mass is 870 g/mol. The fraction of sp³-hybridized carbons (Fsp3) is 0. The molecule has 68 heavy (non-hydrogen) atoms. The van der Waals surface area contributed by atoms with Gasteiger partial charge in [0, 0.05) is 33.0 Å². The molecule has 0 saturated heterocycles. The number of rotatable bonds is 8. The summed E-state index contributed by atoms with van der Waals surface area (Å²) < 4.78 is 13.0. The fourth-order valence-electron chi connectivity index (χ4n) is 9.59. The molecule has 0 amide bonds. The van der Waals surface area contributed by atoms with E-state index in [1.165, 1.54) is 0 Å². The van der Waals surface area contributed by atoms with Crippen LogP contribution in [0.15, 0.2) is 239 Å². The second kappa shape index (κ2) is 16.3. The van der Waals surface area contributed by atoms with Gasteiger partial charge < -0.3 is 8.83 Å². The molecule has 318 valence electrons. The van der Waals surface area contributed by atoms with E-state index in [1.54, 1.807) is 0 Å². The maximum Gasteiger partial charge on any atom is 0.231 e. The van der Waals surface area contributed by atoms with E-state index in [2.05, 4.69) is 170 Å². The summed E-state index contributed by atoms with van der Waals surface area (Å²) in [5.41, 5.74) is 16.5. The molecule has 13 rings (SSSR count). The van der Waals surface area contributed by atoms with Crippen LogP contribution in [-0.2, 0) is 0 Å². The maximum atomic E-state index is 6.52. The highest BCUT2D eigenvalue weighted by atomic mass is 16.3. The Morgan fingerprint density at radius 2 is 0.529 bits per heavy atom. The second-order valence-corrected chi connectivity index (χ2v) is 16.9. The van der Waals surface area contributed by atoms with Crippen molar-refractivity contribution in [1.29, 1.82) is 0 Å². The minimum absolute atomic E-state index is 0.537. The van der Waals surface area contributed by atoms with Crippen LogP contribution in [0.1, 0.15) is 0 Å². The van der Waals surface area contributed by atoms with E-state index in [4.69, 9.17) is 28.8 Å². The first-order valence-electron chi connectivity index (χ1n) is 22.7. The molecule has 0 bridgehead atoms. The normalized spacial score (nSPS) is 11.5. The number of para-hydroxylation sites is 2. The van der Waals surface area contributed by atoms with Crippen LogP contribution in [0.3, 0.4) is 0 Å². The van der Waals surface area contributed by atoms with E-state index in [0.717, 1.165) is 111 Å². The van der Waals surface area contributed by atoms with Crippen LogP contribution < -0.4 is 0 Å². The van der Waals surface area contributed by atoms with Crippen molar-refractivity contribution in [1.82, 2.24) is 19.9 Å². The summed E-state index contributed by atoms with van der Waals surface area (Å²) in [6, 6.07) is 79.4. The molecule has 0 spiro atoms. The van der Waals surface area contributed by atoms with Gasteiger partial charge in [0.05, 0.1) is 22.2 Å². The lowest BCUT2D eigenvalue weighted by Gasteiger charge is -2.17. The molecule has 13 aromatic rings. The molecule has 0 atom stereocenters. The minimum atomic E-state index is 0.537. The maximum absolute atomic E-state index is 6.52. The van der Waals surface area contributed by atoms with Crippen molar-refractivity contribution in [3.8, 4) is 89.8 Å². The first-order chi connectivity index (χ1) is 33.7. The highest BCUT2D eigenvalue weighted by Gasteiger charge is 2.24. The predicted octanol–water partition coefficient (Wildman–Crippen LogP) is 16.4. The molecule has 0 aliphatic carbocycles. The van der Waals surface area contributed by atoms with Crippen LogP contribution in [0.2, 0.25) is 0 Å². The van der Waals surface area contributed by atoms with Crippen LogP contribution in [0.5, 0.6) is 0 Å². The van der Waals surface area contributed by atoms with Gasteiger partial charge in [-0.3, -0.25) is 0 Å². The first-order valence-corrected chi connectivity index (χ1v) is 22.7. The largest absolute Gasteiger partial charge is 0.438 e. The van der Waals surface area contributed by atoms with Gasteiger partial charge in [-0.05, 0) is 56.6 Å². The average molecular weight is 871 g/mol. The Morgan fingerprint density at radius 3 is 0.926 bits per heavy atom. The molecule has 0 aliphatic rings. The van der Waals surface area contributed by atoms with Crippen molar-refractivity contribution in [2.24, 2.45) is 0 Å². The molecule has 0 radical (unpaired) electrons. The van der Waals surface area contributed by atoms with E-state index in [-0.39, 0.29) is 0 Å². The van der Waals surface area contributed by atoms with Crippen molar-refractivity contribution in [3.05, 3.63) is 231 Å². The number of benzene rings is 9. The van der Waals surface area contributed by atoms with Crippen molar-refractivity contribution >= 4 is 44.1 Å². The van der Waals surface area contributed by atoms with E-state index in [9.17, 15) is 0 Å². The SMILES string of the molecule is c1ccc(-c2ccc(-c3nc(-c4ccccc4-c4ccccc4-c4ccccc4-c4nc(-c5ccc(-c6ccccc6)cc5)c5c(n4)oc4ccccc45)nc4oc5ccccc5c34)cc2)cc1. The molecule has 4 heterocycles. The molecule has 6 heteroatoms. The number of furan rings is 2.